The van der Waals surface area contributed by atoms with Crippen LogP contribution in [0.2, 0.25) is 0 Å². The van der Waals surface area contributed by atoms with E-state index in [0.29, 0.717) is 6.42 Å². The molecule has 0 radical (unpaired) electrons. The number of hydrogen-bond donors (Lipinski definition) is 2. The number of amides is 3. The number of nitrogens with zero attached hydrogens (tertiary/aromatic N) is 1. The topological polar surface area (TPSA) is 92.5 Å². The number of piperazine rings is 1. The first kappa shape index (κ1) is 13.0. The third-order valence-corrected chi connectivity index (χ3v) is 3.79. The highest BCUT2D eigenvalue weighted by Gasteiger charge is 2.49. The van der Waals surface area contributed by atoms with Crippen molar-refractivity contribution in [2.45, 2.75) is 44.7 Å². The molecule has 0 aromatic rings. The molecule has 2 unspecified atom stereocenters. The zero-order valence-electron chi connectivity index (χ0n) is 10.7. The third kappa shape index (κ3) is 2.12. The van der Waals surface area contributed by atoms with E-state index in [1.165, 1.54) is 4.90 Å². The molecule has 6 heteroatoms. The van der Waals surface area contributed by atoms with Crippen molar-refractivity contribution < 1.29 is 14.4 Å². The van der Waals surface area contributed by atoms with Crippen molar-refractivity contribution in [1.82, 2.24) is 10.2 Å². The van der Waals surface area contributed by atoms with Crippen LogP contribution in [0.1, 0.15) is 33.1 Å². The lowest BCUT2D eigenvalue weighted by molar-refractivity contribution is -0.153. The Hall–Kier alpha value is -1.43. The van der Waals surface area contributed by atoms with Crippen LogP contribution in [0, 0.1) is 5.92 Å². The Bertz CT molecular complexity index is 401. The zero-order chi connectivity index (χ0) is 13.5. The Morgan fingerprint density at radius 2 is 2.11 bits per heavy atom. The van der Waals surface area contributed by atoms with Gasteiger partial charge in [0.25, 0.3) is 0 Å². The standard InChI is InChI=1S/C12H19N3O3/c1-3-8-10(17)14-9(16)6-15(8)11(18)12(2,13)7-4-5-7/h7-8H,3-6,13H2,1-2H3,(H,14,16,17). The maximum absolute atomic E-state index is 12.4. The van der Waals surface area contributed by atoms with E-state index in [4.69, 9.17) is 5.73 Å². The SMILES string of the molecule is CCC1C(=O)NC(=O)CN1C(=O)C(C)(N)C1CC1. The summed E-state index contributed by atoms with van der Waals surface area (Å²) in [5.41, 5.74) is 5.10. The van der Waals surface area contributed by atoms with Crippen molar-refractivity contribution in [2.75, 3.05) is 6.54 Å². The second-order valence-electron chi connectivity index (χ2n) is 5.33. The van der Waals surface area contributed by atoms with Crippen molar-refractivity contribution in [3.63, 3.8) is 0 Å². The molecule has 0 bridgehead atoms. The van der Waals surface area contributed by atoms with Gasteiger partial charge in [0.15, 0.2) is 0 Å². The molecule has 1 heterocycles. The third-order valence-electron chi connectivity index (χ3n) is 3.79. The number of nitrogens with two attached hydrogens (primary N) is 1. The van der Waals surface area contributed by atoms with E-state index in [1.807, 2.05) is 6.92 Å². The summed E-state index contributed by atoms with van der Waals surface area (Å²) < 4.78 is 0. The summed E-state index contributed by atoms with van der Waals surface area (Å²) >= 11 is 0. The maximum atomic E-state index is 12.4. The number of rotatable bonds is 3. The summed E-state index contributed by atoms with van der Waals surface area (Å²) in [6.45, 7) is 3.42. The molecule has 3 amide bonds. The fourth-order valence-corrected chi connectivity index (χ4v) is 2.45. The van der Waals surface area contributed by atoms with E-state index in [9.17, 15) is 14.4 Å². The number of carbonyl (C=O) groups is 3. The molecule has 100 valence electrons. The second kappa shape index (κ2) is 4.35. The Kier molecular flexibility index (Phi) is 3.14. The fraction of sp³-hybridized carbons (Fsp3) is 0.750. The van der Waals surface area contributed by atoms with Crippen molar-refractivity contribution in [1.29, 1.82) is 0 Å². The van der Waals surface area contributed by atoms with Crippen molar-refractivity contribution in [2.24, 2.45) is 11.7 Å². The Morgan fingerprint density at radius 1 is 1.50 bits per heavy atom. The van der Waals surface area contributed by atoms with E-state index >= 15 is 0 Å². The number of hydrogen-bond acceptors (Lipinski definition) is 4. The first-order valence-electron chi connectivity index (χ1n) is 6.31. The predicted octanol–water partition coefficient (Wildman–Crippen LogP) is -0.623. The van der Waals surface area contributed by atoms with Gasteiger partial charge >= 0.3 is 0 Å². The van der Waals surface area contributed by atoms with Crippen molar-refractivity contribution >= 4 is 17.7 Å². The lowest BCUT2D eigenvalue weighted by Gasteiger charge is -2.38. The smallest absolute Gasteiger partial charge is 0.249 e. The number of carbonyl (C=O) groups excluding carboxylic acids is 3. The Balaban J connectivity index is 2.20. The van der Waals surface area contributed by atoms with Crippen LogP contribution in [0.25, 0.3) is 0 Å². The molecule has 0 aromatic heterocycles. The minimum absolute atomic E-state index is 0.0808. The fourth-order valence-electron chi connectivity index (χ4n) is 2.45. The highest BCUT2D eigenvalue weighted by Crippen LogP contribution is 2.39. The van der Waals surface area contributed by atoms with Gasteiger partial charge in [-0.15, -0.1) is 0 Å². The highest BCUT2D eigenvalue weighted by molar-refractivity contribution is 6.05. The first-order chi connectivity index (χ1) is 8.37. The van der Waals surface area contributed by atoms with Gasteiger partial charge in [-0.05, 0) is 32.1 Å². The molecule has 1 saturated heterocycles. The quantitative estimate of drug-likeness (QED) is 0.655. The Morgan fingerprint density at radius 3 is 2.61 bits per heavy atom. The largest absolute Gasteiger partial charge is 0.320 e. The van der Waals surface area contributed by atoms with E-state index in [-0.39, 0.29) is 18.4 Å². The summed E-state index contributed by atoms with van der Waals surface area (Å²) in [7, 11) is 0. The minimum Gasteiger partial charge on any atom is -0.320 e. The van der Waals surface area contributed by atoms with Crippen LogP contribution in [0.4, 0.5) is 0 Å². The van der Waals surface area contributed by atoms with Crippen LogP contribution in [-0.4, -0.2) is 40.7 Å². The maximum Gasteiger partial charge on any atom is 0.249 e. The number of nitrogens with one attached hydrogen (secondary N) is 1. The van der Waals surface area contributed by atoms with Gasteiger partial charge in [-0.25, -0.2) is 0 Å². The van der Waals surface area contributed by atoms with E-state index in [0.717, 1.165) is 12.8 Å². The van der Waals surface area contributed by atoms with Gasteiger partial charge in [-0.3, -0.25) is 19.7 Å². The van der Waals surface area contributed by atoms with Gasteiger partial charge in [0.2, 0.25) is 17.7 Å². The molecule has 0 aromatic carbocycles. The van der Waals surface area contributed by atoms with Crippen molar-refractivity contribution in [3.8, 4) is 0 Å². The molecule has 3 N–H and O–H groups in total. The van der Waals surface area contributed by atoms with Crippen LogP contribution < -0.4 is 11.1 Å². The average Bonchev–Trinajstić information content (AvgIpc) is 3.10. The van der Waals surface area contributed by atoms with E-state index in [1.54, 1.807) is 6.92 Å². The van der Waals surface area contributed by atoms with Gasteiger partial charge in [0, 0.05) is 0 Å². The molecule has 2 aliphatic rings. The monoisotopic (exact) mass is 253 g/mol. The van der Waals surface area contributed by atoms with E-state index < -0.39 is 23.4 Å². The van der Waals surface area contributed by atoms with Crippen molar-refractivity contribution in [3.05, 3.63) is 0 Å². The van der Waals surface area contributed by atoms with Crippen LogP contribution in [0.3, 0.4) is 0 Å². The molecule has 2 atom stereocenters. The molecule has 2 rings (SSSR count). The van der Waals surface area contributed by atoms with Gasteiger partial charge in [-0.1, -0.05) is 6.92 Å². The zero-order valence-corrected chi connectivity index (χ0v) is 10.7. The molecule has 0 spiro atoms. The highest BCUT2D eigenvalue weighted by atomic mass is 16.2. The minimum atomic E-state index is -0.967. The van der Waals surface area contributed by atoms with Crippen LogP contribution in [0.5, 0.6) is 0 Å². The lowest BCUT2D eigenvalue weighted by atomic mass is 9.93. The van der Waals surface area contributed by atoms with Crippen LogP contribution >= 0.6 is 0 Å². The van der Waals surface area contributed by atoms with Crippen LogP contribution in [-0.2, 0) is 14.4 Å². The summed E-state index contributed by atoms with van der Waals surface area (Å²) in [5.74, 6) is -0.971. The summed E-state index contributed by atoms with van der Waals surface area (Å²) in [6.07, 6.45) is 2.35. The summed E-state index contributed by atoms with van der Waals surface area (Å²) in [4.78, 5) is 36.9. The van der Waals surface area contributed by atoms with E-state index in [2.05, 4.69) is 5.32 Å². The van der Waals surface area contributed by atoms with Gasteiger partial charge in [0.05, 0.1) is 5.54 Å². The average molecular weight is 253 g/mol. The molecule has 18 heavy (non-hydrogen) atoms. The molecule has 1 aliphatic carbocycles. The van der Waals surface area contributed by atoms with Crippen LogP contribution in [0.15, 0.2) is 0 Å². The molecular formula is C12H19N3O3. The molecule has 6 nitrogen and oxygen atoms in total. The first-order valence-corrected chi connectivity index (χ1v) is 6.31. The second-order valence-corrected chi connectivity index (χ2v) is 5.33. The molecule has 1 aliphatic heterocycles. The van der Waals surface area contributed by atoms with Gasteiger partial charge in [0.1, 0.15) is 12.6 Å². The van der Waals surface area contributed by atoms with Gasteiger partial charge in [-0.2, -0.15) is 0 Å². The van der Waals surface area contributed by atoms with Gasteiger partial charge < -0.3 is 10.6 Å². The summed E-state index contributed by atoms with van der Waals surface area (Å²) in [5, 5.41) is 2.25. The number of imide groups is 1. The molecule has 2 fully saturated rings. The Labute approximate surface area is 106 Å². The molecular weight excluding hydrogens is 234 g/mol. The molecule has 1 saturated carbocycles. The summed E-state index contributed by atoms with van der Waals surface area (Å²) in [6, 6.07) is -0.586. The lowest BCUT2D eigenvalue weighted by Crippen LogP contribution is -2.65. The normalized spacial score (nSPS) is 27.7. The predicted molar refractivity (Wildman–Crippen MR) is 64.3 cm³/mol.